The van der Waals surface area contributed by atoms with Crippen molar-refractivity contribution in [1.82, 2.24) is 10.6 Å². The Morgan fingerprint density at radius 1 is 0.952 bits per heavy atom. The summed E-state index contributed by atoms with van der Waals surface area (Å²) in [6.45, 7) is 4.52. The van der Waals surface area contributed by atoms with Crippen LogP contribution >= 0.6 is 0 Å². The molecule has 0 saturated heterocycles. The lowest BCUT2D eigenvalue weighted by atomic mass is 10.1. The monoisotopic (exact) mass is 300 g/mol. The maximum atomic E-state index is 11.7. The van der Waals surface area contributed by atoms with Gasteiger partial charge in [-0.15, -0.1) is 0 Å². The van der Waals surface area contributed by atoms with Crippen molar-refractivity contribution in [2.75, 3.05) is 7.11 Å². The van der Waals surface area contributed by atoms with Gasteiger partial charge in [0.25, 0.3) is 0 Å². The van der Waals surface area contributed by atoms with Crippen LogP contribution in [-0.4, -0.2) is 42.8 Å². The summed E-state index contributed by atoms with van der Waals surface area (Å²) < 4.78 is 4.49. The Bertz CT molecular complexity index is 395. The molecule has 0 aliphatic carbocycles. The van der Waals surface area contributed by atoms with Gasteiger partial charge in [-0.2, -0.15) is 0 Å². The summed E-state index contributed by atoms with van der Waals surface area (Å²) in [5.74, 6) is -1.12. The number of nitrogens with one attached hydrogen (secondary N) is 2. The fourth-order valence-electron chi connectivity index (χ4n) is 1.48. The van der Waals surface area contributed by atoms with Crippen LogP contribution in [0.4, 0.5) is 0 Å². The van der Waals surface area contributed by atoms with E-state index in [2.05, 4.69) is 15.4 Å². The van der Waals surface area contributed by atoms with Gasteiger partial charge in [0.15, 0.2) is 5.78 Å². The van der Waals surface area contributed by atoms with E-state index in [-0.39, 0.29) is 30.5 Å². The zero-order chi connectivity index (χ0) is 16.4. The number of unbranched alkanes of at least 4 members (excludes halogenated alkanes) is 1. The van der Waals surface area contributed by atoms with Gasteiger partial charge in [-0.1, -0.05) is 0 Å². The molecule has 0 bridgehead atoms. The lowest BCUT2D eigenvalue weighted by Crippen LogP contribution is -2.48. The molecule has 0 rings (SSSR count). The first-order valence-corrected chi connectivity index (χ1v) is 6.95. The maximum absolute atomic E-state index is 11.7. The summed E-state index contributed by atoms with van der Waals surface area (Å²) in [4.78, 5) is 45.2. The van der Waals surface area contributed by atoms with Crippen molar-refractivity contribution in [3.05, 3.63) is 0 Å². The number of Topliss-reactive ketones (excluding diaryl/α,β-unsaturated/α-hetero) is 1. The van der Waals surface area contributed by atoms with Crippen molar-refractivity contribution in [2.24, 2.45) is 0 Å². The molecule has 7 nitrogen and oxygen atoms in total. The van der Waals surface area contributed by atoms with E-state index >= 15 is 0 Å². The first-order chi connectivity index (χ1) is 9.77. The predicted octanol–water partition coefficient (Wildman–Crippen LogP) is 0.318. The molecule has 21 heavy (non-hydrogen) atoms. The van der Waals surface area contributed by atoms with Crippen LogP contribution in [0.1, 0.15) is 46.5 Å². The lowest BCUT2D eigenvalue weighted by molar-refractivity contribution is -0.140. The van der Waals surface area contributed by atoms with Gasteiger partial charge in [0.2, 0.25) is 11.8 Å². The van der Waals surface area contributed by atoms with E-state index in [1.165, 1.54) is 14.0 Å². The summed E-state index contributed by atoms with van der Waals surface area (Å²) in [6.07, 6.45) is 1.61. The zero-order valence-corrected chi connectivity index (χ0v) is 13.0. The number of esters is 1. The van der Waals surface area contributed by atoms with Gasteiger partial charge in [-0.3, -0.25) is 19.2 Å². The highest BCUT2D eigenvalue weighted by molar-refractivity contribution is 5.91. The summed E-state index contributed by atoms with van der Waals surface area (Å²) in [7, 11) is 1.32. The number of amides is 2. The molecule has 0 aliphatic heterocycles. The van der Waals surface area contributed by atoms with E-state index in [0.29, 0.717) is 12.8 Å². The first kappa shape index (κ1) is 19.1. The third kappa shape index (κ3) is 8.78. The Morgan fingerprint density at radius 3 is 2.05 bits per heavy atom. The van der Waals surface area contributed by atoms with Gasteiger partial charge in [0.1, 0.15) is 6.04 Å². The van der Waals surface area contributed by atoms with Gasteiger partial charge in [-0.05, 0) is 33.6 Å². The van der Waals surface area contributed by atoms with E-state index in [1.54, 1.807) is 13.8 Å². The predicted molar refractivity (Wildman–Crippen MR) is 76.4 cm³/mol. The molecule has 0 spiro atoms. The molecule has 7 heteroatoms. The van der Waals surface area contributed by atoms with Crippen LogP contribution in [-0.2, 0) is 23.9 Å². The number of methoxy groups -OCH3 is 1. The van der Waals surface area contributed by atoms with Crippen molar-refractivity contribution < 1.29 is 23.9 Å². The Balaban J connectivity index is 3.95. The molecule has 0 radical (unpaired) electrons. The third-order valence-corrected chi connectivity index (χ3v) is 3.00. The summed E-state index contributed by atoms with van der Waals surface area (Å²) in [5, 5.41) is 5.06. The molecule has 0 aromatic rings. The fourth-order valence-corrected chi connectivity index (χ4v) is 1.48. The second-order valence-electron chi connectivity index (χ2n) is 4.91. The van der Waals surface area contributed by atoms with Gasteiger partial charge in [0.05, 0.1) is 13.2 Å². The topological polar surface area (TPSA) is 102 Å². The normalized spacial score (nSPS) is 13.0. The summed E-state index contributed by atoms with van der Waals surface area (Å²) >= 11 is 0. The minimum atomic E-state index is -0.708. The van der Waals surface area contributed by atoms with Crippen LogP contribution in [0.25, 0.3) is 0 Å². The Kier molecular flexibility index (Phi) is 9.00. The molecule has 0 aromatic carbocycles. The maximum Gasteiger partial charge on any atom is 0.305 e. The van der Waals surface area contributed by atoms with Crippen molar-refractivity contribution >= 4 is 23.6 Å². The number of carbonyl (C=O) groups is 4. The smallest absolute Gasteiger partial charge is 0.305 e. The average molecular weight is 300 g/mol. The number of ketones is 1. The van der Waals surface area contributed by atoms with Crippen LogP contribution in [0.3, 0.4) is 0 Å². The molecule has 0 heterocycles. The van der Waals surface area contributed by atoms with Gasteiger partial charge in [0, 0.05) is 12.8 Å². The molecule has 0 fully saturated rings. The largest absolute Gasteiger partial charge is 0.469 e. The molecule has 2 atom stereocenters. The van der Waals surface area contributed by atoms with Crippen molar-refractivity contribution in [2.45, 2.75) is 58.5 Å². The molecule has 2 N–H and O–H groups in total. The van der Waals surface area contributed by atoms with Crippen LogP contribution in [0, 0.1) is 0 Å². The minimum Gasteiger partial charge on any atom is -0.469 e. The number of hydrogen-bond acceptors (Lipinski definition) is 5. The molecule has 2 amide bonds. The van der Waals surface area contributed by atoms with Crippen LogP contribution in [0.15, 0.2) is 0 Å². The number of hydrogen-bond donors (Lipinski definition) is 2. The quantitative estimate of drug-likeness (QED) is 0.471. The second kappa shape index (κ2) is 9.90. The Morgan fingerprint density at radius 2 is 1.52 bits per heavy atom. The van der Waals surface area contributed by atoms with Gasteiger partial charge < -0.3 is 15.4 Å². The number of rotatable bonds is 9. The van der Waals surface area contributed by atoms with E-state index in [0.717, 1.165) is 0 Å². The Labute approximate surface area is 124 Å². The number of carbonyl (C=O) groups excluding carboxylic acids is 4. The molecule has 0 aromatic heterocycles. The van der Waals surface area contributed by atoms with Crippen molar-refractivity contribution in [3.63, 3.8) is 0 Å². The van der Waals surface area contributed by atoms with Crippen LogP contribution in [0.5, 0.6) is 0 Å². The van der Waals surface area contributed by atoms with Gasteiger partial charge >= 0.3 is 5.97 Å². The highest BCUT2D eigenvalue weighted by Gasteiger charge is 2.18. The Hall–Kier alpha value is -1.92. The third-order valence-electron chi connectivity index (χ3n) is 3.00. The number of ether oxygens (including phenoxy) is 1. The second-order valence-corrected chi connectivity index (χ2v) is 4.91. The highest BCUT2D eigenvalue weighted by Crippen LogP contribution is 2.01. The minimum absolute atomic E-state index is 0.148. The lowest BCUT2D eigenvalue weighted by Gasteiger charge is -2.16. The summed E-state index contributed by atoms with van der Waals surface area (Å²) in [5.41, 5.74) is 0. The fraction of sp³-hybridized carbons (Fsp3) is 0.714. The standard InChI is InChI=1S/C14H24N2O5/c1-9(11(3)17)16-14(20)10(2)15-12(18)7-5-6-8-13(19)21-4/h9-10H,5-8H2,1-4H3,(H,15,18)(H,16,20)/t9-,10-/m0/s1. The molecular formula is C14H24N2O5. The zero-order valence-electron chi connectivity index (χ0n) is 13.0. The molecule has 0 unspecified atom stereocenters. The molecular weight excluding hydrogens is 276 g/mol. The summed E-state index contributed by atoms with van der Waals surface area (Å²) in [6, 6.07) is -1.28. The van der Waals surface area contributed by atoms with E-state index < -0.39 is 18.0 Å². The van der Waals surface area contributed by atoms with Crippen molar-refractivity contribution in [1.29, 1.82) is 0 Å². The van der Waals surface area contributed by atoms with Crippen LogP contribution < -0.4 is 10.6 Å². The first-order valence-electron chi connectivity index (χ1n) is 6.95. The SMILES string of the molecule is COC(=O)CCCCC(=O)N[C@@H](C)C(=O)N[C@@H](C)C(C)=O. The van der Waals surface area contributed by atoms with Crippen molar-refractivity contribution in [3.8, 4) is 0 Å². The van der Waals surface area contributed by atoms with E-state index in [1.807, 2.05) is 0 Å². The molecule has 120 valence electrons. The van der Waals surface area contributed by atoms with Gasteiger partial charge in [-0.25, -0.2) is 0 Å². The average Bonchev–Trinajstić information content (AvgIpc) is 2.42. The van der Waals surface area contributed by atoms with Crippen LogP contribution in [0.2, 0.25) is 0 Å². The molecule has 0 aliphatic rings. The molecule has 0 saturated carbocycles. The highest BCUT2D eigenvalue weighted by atomic mass is 16.5. The van der Waals surface area contributed by atoms with E-state index in [9.17, 15) is 19.2 Å². The van der Waals surface area contributed by atoms with E-state index in [4.69, 9.17) is 0 Å².